The Morgan fingerprint density at radius 2 is 2.08 bits per heavy atom. The van der Waals surface area contributed by atoms with Gasteiger partial charge in [-0.3, -0.25) is 0 Å². The van der Waals surface area contributed by atoms with Crippen LogP contribution in [-0.4, -0.2) is 16.8 Å². The summed E-state index contributed by atoms with van der Waals surface area (Å²) in [6, 6.07) is 5.17. The highest BCUT2D eigenvalue weighted by atomic mass is 35.5. The molecular weight excluding hydrogens is 176 g/mol. The van der Waals surface area contributed by atoms with Gasteiger partial charge in [0.25, 0.3) is 0 Å². The Morgan fingerprint density at radius 1 is 1.33 bits per heavy atom. The molecule has 2 nitrogen and oxygen atoms in total. The van der Waals surface area contributed by atoms with Crippen LogP contribution >= 0.6 is 11.6 Å². The van der Waals surface area contributed by atoms with Gasteiger partial charge in [0.2, 0.25) is 0 Å². The van der Waals surface area contributed by atoms with Gasteiger partial charge in [-0.2, -0.15) is 0 Å². The Bertz CT molecular complexity index is 261. The first-order chi connectivity index (χ1) is 5.77. The molecule has 0 unspecified atom stereocenters. The van der Waals surface area contributed by atoms with E-state index in [2.05, 4.69) is 0 Å². The molecule has 0 aliphatic rings. The number of phenolic OH excluding ortho intramolecular Hbond substituents is 1. The second kappa shape index (κ2) is 4.33. The van der Waals surface area contributed by atoms with Crippen molar-refractivity contribution in [3.63, 3.8) is 0 Å². The molecule has 12 heavy (non-hydrogen) atoms. The summed E-state index contributed by atoms with van der Waals surface area (Å²) in [6.45, 7) is 0.0410. The summed E-state index contributed by atoms with van der Waals surface area (Å²) in [6.07, 6.45) is 0.469. The predicted octanol–water partition coefficient (Wildman–Crippen LogP) is 1.67. The zero-order chi connectivity index (χ0) is 8.97. The summed E-state index contributed by atoms with van der Waals surface area (Å²) in [4.78, 5) is 0. The summed E-state index contributed by atoms with van der Waals surface area (Å²) >= 11 is 5.61. The zero-order valence-corrected chi connectivity index (χ0v) is 7.38. The monoisotopic (exact) mass is 186 g/mol. The van der Waals surface area contributed by atoms with E-state index < -0.39 is 0 Å². The van der Waals surface area contributed by atoms with Gasteiger partial charge in [-0.1, -0.05) is 12.1 Å². The largest absolute Gasteiger partial charge is 0.508 e. The standard InChI is InChI=1S/C9H11ClO2/c10-6-7-1-2-9(12)8(5-7)3-4-11/h1-2,5,11-12H,3-4,6H2. The van der Waals surface area contributed by atoms with Crippen molar-refractivity contribution < 1.29 is 10.2 Å². The quantitative estimate of drug-likeness (QED) is 0.705. The number of aliphatic hydroxyl groups excluding tert-OH is 1. The third kappa shape index (κ3) is 2.13. The first kappa shape index (κ1) is 9.36. The smallest absolute Gasteiger partial charge is 0.118 e. The SMILES string of the molecule is OCCc1cc(CCl)ccc1O. The minimum absolute atomic E-state index is 0.0410. The number of phenols is 1. The van der Waals surface area contributed by atoms with Gasteiger partial charge in [-0.05, 0) is 23.6 Å². The van der Waals surface area contributed by atoms with Gasteiger partial charge in [-0.15, -0.1) is 11.6 Å². The number of hydrogen-bond donors (Lipinski definition) is 2. The van der Waals surface area contributed by atoms with Gasteiger partial charge in [0.05, 0.1) is 0 Å². The van der Waals surface area contributed by atoms with Crippen LogP contribution < -0.4 is 0 Å². The van der Waals surface area contributed by atoms with Crippen molar-refractivity contribution in [1.29, 1.82) is 0 Å². The molecule has 0 aliphatic heterocycles. The predicted molar refractivity (Wildman–Crippen MR) is 48.5 cm³/mol. The second-order valence-electron chi connectivity index (χ2n) is 2.57. The van der Waals surface area contributed by atoms with Crippen molar-refractivity contribution in [1.82, 2.24) is 0 Å². The van der Waals surface area contributed by atoms with Gasteiger partial charge in [0.15, 0.2) is 0 Å². The van der Waals surface area contributed by atoms with E-state index in [0.717, 1.165) is 11.1 Å². The van der Waals surface area contributed by atoms with Crippen LogP contribution in [-0.2, 0) is 12.3 Å². The first-order valence-electron chi connectivity index (χ1n) is 3.75. The fraction of sp³-hybridized carbons (Fsp3) is 0.333. The first-order valence-corrected chi connectivity index (χ1v) is 4.29. The molecule has 0 heterocycles. The van der Waals surface area contributed by atoms with Crippen LogP contribution in [0.5, 0.6) is 5.75 Å². The molecule has 1 rings (SSSR count). The highest BCUT2D eigenvalue weighted by molar-refractivity contribution is 6.17. The van der Waals surface area contributed by atoms with E-state index in [1.54, 1.807) is 18.2 Å². The number of aliphatic hydroxyl groups is 1. The molecule has 0 aromatic heterocycles. The molecule has 0 radical (unpaired) electrons. The van der Waals surface area contributed by atoms with Crippen molar-refractivity contribution in [2.45, 2.75) is 12.3 Å². The van der Waals surface area contributed by atoms with E-state index in [-0.39, 0.29) is 12.4 Å². The van der Waals surface area contributed by atoms with Gasteiger partial charge in [-0.25, -0.2) is 0 Å². The number of hydrogen-bond acceptors (Lipinski definition) is 2. The Kier molecular flexibility index (Phi) is 3.38. The molecule has 0 atom stereocenters. The fourth-order valence-corrected chi connectivity index (χ4v) is 1.21. The molecule has 0 bridgehead atoms. The molecule has 3 heteroatoms. The Labute approximate surface area is 76.4 Å². The maximum Gasteiger partial charge on any atom is 0.118 e. The maximum atomic E-state index is 9.31. The third-order valence-electron chi connectivity index (χ3n) is 1.68. The lowest BCUT2D eigenvalue weighted by molar-refractivity contribution is 0.297. The van der Waals surface area contributed by atoms with Crippen LogP contribution in [0.4, 0.5) is 0 Å². The molecule has 1 aromatic rings. The summed E-state index contributed by atoms with van der Waals surface area (Å²) in [7, 11) is 0. The number of aromatic hydroxyl groups is 1. The number of rotatable bonds is 3. The van der Waals surface area contributed by atoms with Crippen molar-refractivity contribution in [2.75, 3.05) is 6.61 Å². The van der Waals surface area contributed by atoms with Crippen molar-refractivity contribution >= 4 is 11.6 Å². The fourth-order valence-electron chi connectivity index (χ4n) is 1.04. The lowest BCUT2D eigenvalue weighted by Crippen LogP contribution is -1.92. The minimum atomic E-state index is 0.0410. The van der Waals surface area contributed by atoms with Crippen LogP contribution in [0.1, 0.15) is 11.1 Å². The van der Waals surface area contributed by atoms with Crippen LogP contribution in [0.15, 0.2) is 18.2 Å². The molecule has 0 saturated carbocycles. The summed E-state index contributed by atoms with van der Waals surface area (Å²) in [5.41, 5.74) is 1.70. The normalized spacial score (nSPS) is 10.2. The van der Waals surface area contributed by atoms with E-state index >= 15 is 0 Å². The second-order valence-corrected chi connectivity index (χ2v) is 2.84. The van der Waals surface area contributed by atoms with E-state index in [1.165, 1.54) is 0 Å². The van der Waals surface area contributed by atoms with Crippen LogP contribution in [0.3, 0.4) is 0 Å². The number of benzene rings is 1. The average molecular weight is 187 g/mol. The molecule has 2 N–H and O–H groups in total. The van der Waals surface area contributed by atoms with Gasteiger partial charge in [0, 0.05) is 12.5 Å². The Morgan fingerprint density at radius 3 is 2.67 bits per heavy atom. The van der Waals surface area contributed by atoms with Crippen molar-refractivity contribution in [3.05, 3.63) is 29.3 Å². The van der Waals surface area contributed by atoms with E-state index in [4.69, 9.17) is 16.7 Å². The summed E-state index contributed by atoms with van der Waals surface area (Å²) in [5.74, 6) is 0.650. The van der Waals surface area contributed by atoms with Crippen molar-refractivity contribution in [3.8, 4) is 5.75 Å². The highest BCUT2D eigenvalue weighted by Gasteiger charge is 2.00. The van der Waals surface area contributed by atoms with E-state index in [1.807, 2.05) is 0 Å². The molecule has 66 valence electrons. The van der Waals surface area contributed by atoms with E-state index in [0.29, 0.717) is 12.3 Å². The molecule has 1 aromatic carbocycles. The lowest BCUT2D eigenvalue weighted by Gasteiger charge is -2.03. The molecule has 0 saturated heterocycles. The third-order valence-corrected chi connectivity index (χ3v) is 1.99. The maximum absolute atomic E-state index is 9.31. The molecule has 0 spiro atoms. The molecular formula is C9H11ClO2. The number of halogens is 1. The van der Waals surface area contributed by atoms with Crippen LogP contribution in [0.2, 0.25) is 0 Å². The molecule has 0 aliphatic carbocycles. The lowest BCUT2D eigenvalue weighted by atomic mass is 10.1. The van der Waals surface area contributed by atoms with E-state index in [9.17, 15) is 5.11 Å². The van der Waals surface area contributed by atoms with Crippen molar-refractivity contribution in [2.24, 2.45) is 0 Å². The zero-order valence-electron chi connectivity index (χ0n) is 6.63. The highest BCUT2D eigenvalue weighted by Crippen LogP contribution is 2.19. The van der Waals surface area contributed by atoms with Crippen LogP contribution in [0.25, 0.3) is 0 Å². The number of alkyl halides is 1. The minimum Gasteiger partial charge on any atom is -0.508 e. The van der Waals surface area contributed by atoms with Crippen LogP contribution in [0, 0.1) is 0 Å². The Hall–Kier alpha value is -0.730. The van der Waals surface area contributed by atoms with Gasteiger partial charge >= 0.3 is 0 Å². The summed E-state index contributed by atoms with van der Waals surface area (Å²) < 4.78 is 0. The molecule has 0 amide bonds. The summed E-state index contributed by atoms with van der Waals surface area (Å²) in [5, 5.41) is 18.0. The molecule has 0 fully saturated rings. The topological polar surface area (TPSA) is 40.5 Å². The van der Waals surface area contributed by atoms with Gasteiger partial charge < -0.3 is 10.2 Å². The average Bonchev–Trinajstić information content (AvgIpc) is 2.09. The Balaban J connectivity index is 2.91. The van der Waals surface area contributed by atoms with Gasteiger partial charge in [0.1, 0.15) is 5.75 Å².